The van der Waals surface area contributed by atoms with Gasteiger partial charge in [0.1, 0.15) is 0 Å². The van der Waals surface area contributed by atoms with Gasteiger partial charge in [-0.05, 0) is 19.3 Å². The molecule has 0 N–H and O–H groups in total. The molecule has 0 bridgehead atoms. The van der Waals surface area contributed by atoms with E-state index < -0.39 is 0 Å². The summed E-state index contributed by atoms with van der Waals surface area (Å²) in [5.41, 5.74) is 0. The van der Waals surface area contributed by atoms with Gasteiger partial charge in [-0.2, -0.15) is 0 Å². The van der Waals surface area contributed by atoms with Crippen molar-refractivity contribution in [1.29, 1.82) is 0 Å². The third-order valence-corrected chi connectivity index (χ3v) is 1.31. The molecule has 0 spiro atoms. The molecule has 0 saturated carbocycles. The van der Waals surface area contributed by atoms with Crippen LogP contribution in [-0.4, -0.2) is 4.83 Å². The molecular formula is C6H12Br. The molecule has 0 aromatic carbocycles. The predicted octanol–water partition coefficient (Wildman–Crippen LogP) is 2.77. The number of hydrogen-bond donors (Lipinski definition) is 0. The summed E-state index contributed by atoms with van der Waals surface area (Å²) < 4.78 is 0. The molecule has 7 heavy (non-hydrogen) atoms. The maximum absolute atomic E-state index is 3.46. The third-order valence-electron chi connectivity index (χ3n) is 0.853. The number of halogens is 1. The highest BCUT2D eigenvalue weighted by atomic mass is 79.9. The van der Waals surface area contributed by atoms with Crippen molar-refractivity contribution in [3.8, 4) is 0 Å². The lowest BCUT2D eigenvalue weighted by Crippen LogP contribution is -1.87. The van der Waals surface area contributed by atoms with Gasteiger partial charge in [0.05, 0.1) is 0 Å². The number of rotatable bonds is 3. The Morgan fingerprint density at radius 2 is 2.29 bits per heavy atom. The van der Waals surface area contributed by atoms with E-state index in [0.717, 1.165) is 0 Å². The summed E-state index contributed by atoms with van der Waals surface area (Å²) in [6, 6.07) is 0. The molecular weight excluding hydrogens is 152 g/mol. The molecule has 0 saturated heterocycles. The van der Waals surface area contributed by atoms with Gasteiger partial charge in [-0.3, -0.25) is 0 Å². The zero-order valence-electron chi connectivity index (χ0n) is 4.95. The first-order valence-corrected chi connectivity index (χ1v) is 3.61. The lowest BCUT2D eigenvalue weighted by Gasteiger charge is -1.96. The Morgan fingerprint density at radius 1 is 1.71 bits per heavy atom. The van der Waals surface area contributed by atoms with E-state index in [1.807, 2.05) is 0 Å². The van der Waals surface area contributed by atoms with Gasteiger partial charge in [-0.15, -0.1) is 0 Å². The van der Waals surface area contributed by atoms with E-state index in [-0.39, 0.29) is 0 Å². The van der Waals surface area contributed by atoms with Crippen molar-refractivity contribution in [3.05, 3.63) is 6.42 Å². The van der Waals surface area contributed by atoms with Crippen molar-refractivity contribution in [2.24, 2.45) is 0 Å². The van der Waals surface area contributed by atoms with Crippen molar-refractivity contribution in [3.63, 3.8) is 0 Å². The van der Waals surface area contributed by atoms with Crippen LogP contribution < -0.4 is 0 Å². The van der Waals surface area contributed by atoms with Crippen LogP contribution in [0.4, 0.5) is 0 Å². The molecule has 0 aromatic heterocycles. The molecule has 0 nitrogen and oxygen atoms in total. The molecule has 0 fully saturated rings. The summed E-state index contributed by atoms with van der Waals surface area (Å²) in [5, 5.41) is 0. The molecule has 0 aliphatic carbocycles. The minimum Gasteiger partial charge on any atom is -0.0894 e. The van der Waals surface area contributed by atoms with Crippen LogP contribution in [0.5, 0.6) is 0 Å². The van der Waals surface area contributed by atoms with Crippen molar-refractivity contribution >= 4 is 15.9 Å². The first-order chi connectivity index (χ1) is 3.27. The van der Waals surface area contributed by atoms with Crippen molar-refractivity contribution in [2.75, 3.05) is 0 Å². The second-order valence-electron chi connectivity index (χ2n) is 1.77. The van der Waals surface area contributed by atoms with E-state index in [1.165, 1.54) is 12.8 Å². The molecule has 0 aliphatic heterocycles. The van der Waals surface area contributed by atoms with E-state index in [9.17, 15) is 0 Å². The van der Waals surface area contributed by atoms with Crippen LogP contribution in [0.3, 0.4) is 0 Å². The quantitative estimate of drug-likeness (QED) is 0.562. The fraction of sp³-hybridized carbons (Fsp3) is 0.833. The van der Waals surface area contributed by atoms with Gasteiger partial charge >= 0.3 is 0 Å². The first kappa shape index (κ1) is 7.48. The largest absolute Gasteiger partial charge is 0.0894 e. The maximum atomic E-state index is 3.46. The van der Waals surface area contributed by atoms with E-state index in [1.54, 1.807) is 0 Å². The molecule has 0 amide bonds. The number of alkyl halides is 1. The summed E-state index contributed by atoms with van der Waals surface area (Å²) in [5.74, 6) is 0. The Labute approximate surface area is 54.4 Å². The normalized spacial score (nSPS) is 14.1. The van der Waals surface area contributed by atoms with Crippen LogP contribution in [0.2, 0.25) is 0 Å². The molecule has 1 unspecified atom stereocenters. The van der Waals surface area contributed by atoms with Gasteiger partial charge in [0.25, 0.3) is 0 Å². The van der Waals surface area contributed by atoms with Gasteiger partial charge in [0.2, 0.25) is 0 Å². The SMILES string of the molecule is C[CH]CCC(C)Br. The Bertz CT molecular complexity index is 33.2. The van der Waals surface area contributed by atoms with E-state index >= 15 is 0 Å². The van der Waals surface area contributed by atoms with Gasteiger partial charge in [0, 0.05) is 4.83 Å². The van der Waals surface area contributed by atoms with Crippen LogP contribution in [-0.2, 0) is 0 Å². The topological polar surface area (TPSA) is 0 Å². The summed E-state index contributed by atoms with van der Waals surface area (Å²) in [7, 11) is 0. The average Bonchev–Trinajstić information content (AvgIpc) is 1.61. The Kier molecular flexibility index (Phi) is 4.95. The lowest BCUT2D eigenvalue weighted by molar-refractivity contribution is 0.809. The highest BCUT2D eigenvalue weighted by Crippen LogP contribution is 2.06. The molecule has 0 aromatic rings. The summed E-state index contributed by atoms with van der Waals surface area (Å²) in [6.07, 6.45) is 4.68. The van der Waals surface area contributed by atoms with Crippen LogP contribution in [0.25, 0.3) is 0 Å². The Morgan fingerprint density at radius 3 is 2.43 bits per heavy atom. The third kappa shape index (κ3) is 6.48. The fourth-order valence-electron chi connectivity index (χ4n) is 0.396. The number of unbranched alkanes of at least 4 members (excludes halogenated alkanes) is 1. The van der Waals surface area contributed by atoms with Crippen LogP contribution in [0, 0.1) is 6.42 Å². The second kappa shape index (κ2) is 4.63. The number of hydrogen-bond acceptors (Lipinski definition) is 0. The van der Waals surface area contributed by atoms with Crippen molar-refractivity contribution in [1.82, 2.24) is 0 Å². The Balaban J connectivity index is 2.68. The maximum Gasteiger partial charge on any atom is 0.0117 e. The minimum atomic E-state index is 0.684. The summed E-state index contributed by atoms with van der Waals surface area (Å²) in [4.78, 5) is 0.684. The standard InChI is InChI=1S/C6H12Br/c1-3-4-5-6(2)7/h3,6H,4-5H2,1-2H3. The molecule has 0 aliphatic rings. The molecule has 1 radical (unpaired) electrons. The van der Waals surface area contributed by atoms with E-state index in [4.69, 9.17) is 0 Å². The Hall–Kier alpha value is 0.480. The van der Waals surface area contributed by atoms with Crippen LogP contribution >= 0.6 is 15.9 Å². The van der Waals surface area contributed by atoms with Crippen molar-refractivity contribution < 1.29 is 0 Å². The lowest BCUT2D eigenvalue weighted by atomic mass is 10.2. The van der Waals surface area contributed by atoms with Gasteiger partial charge in [-0.1, -0.05) is 29.8 Å². The first-order valence-electron chi connectivity index (χ1n) is 2.69. The second-order valence-corrected chi connectivity index (χ2v) is 3.33. The molecule has 43 valence electrons. The van der Waals surface area contributed by atoms with Gasteiger partial charge in [0.15, 0.2) is 0 Å². The van der Waals surface area contributed by atoms with Crippen molar-refractivity contribution in [2.45, 2.75) is 31.5 Å². The summed E-state index contributed by atoms with van der Waals surface area (Å²) in [6.45, 7) is 4.26. The highest BCUT2D eigenvalue weighted by molar-refractivity contribution is 9.09. The summed E-state index contributed by atoms with van der Waals surface area (Å²) >= 11 is 3.46. The van der Waals surface area contributed by atoms with Gasteiger partial charge in [-0.25, -0.2) is 0 Å². The van der Waals surface area contributed by atoms with Crippen LogP contribution in [0.15, 0.2) is 0 Å². The van der Waals surface area contributed by atoms with E-state index in [0.29, 0.717) is 4.83 Å². The average molecular weight is 164 g/mol. The van der Waals surface area contributed by atoms with Crippen LogP contribution in [0.1, 0.15) is 26.7 Å². The zero-order chi connectivity index (χ0) is 5.70. The fourth-order valence-corrected chi connectivity index (χ4v) is 0.661. The molecule has 0 rings (SSSR count). The predicted molar refractivity (Wildman–Crippen MR) is 37.6 cm³/mol. The smallest absolute Gasteiger partial charge is 0.0117 e. The van der Waals surface area contributed by atoms with Gasteiger partial charge < -0.3 is 0 Å². The highest BCUT2D eigenvalue weighted by Gasteiger charge is 1.90. The molecule has 1 heteroatoms. The zero-order valence-corrected chi connectivity index (χ0v) is 6.53. The minimum absolute atomic E-state index is 0.684. The molecule has 1 atom stereocenters. The van der Waals surface area contributed by atoms with E-state index in [2.05, 4.69) is 36.2 Å². The molecule has 0 heterocycles. The monoisotopic (exact) mass is 163 g/mol.